The van der Waals surface area contributed by atoms with Crippen LogP contribution in [0, 0.1) is 5.82 Å². The first kappa shape index (κ1) is 9.77. The van der Waals surface area contributed by atoms with Crippen molar-refractivity contribution in [3.05, 3.63) is 35.1 Å². The number of carbonyl (C=O) groups is 1. The summed E-state index contributed by atoms with van der Waals surface area (Å²) in [5, 5.41) is 0. The first-order valence-corrected chi connectivity index (χ1v) is 3.61. The van der Waals surface area contributed by atoms with Gasteiger partial charge in [0.25, 0.3) is 6.43 Å². The van der Waals surface area contributed by atoms with Gasteiger partial charge in [0.1, 0.15) is 5.82 Å². The lowest BCUT2D eigenvalue weighted by Crippen LogP contribution is -1.96. The van der Waals surface area contributed by atoms with E-state index in [1.807, 2.05) is 0 Å². The molecular weight excluding hydrogens is 181 g/mol. The van der Waals surface area contributed by atoms with Crippen molar-refractivity contribution in [2.45, 2.75) is 13.3 Å². The van der Waals surface area contributed by atoms with Gasteiger partial charge in [0.15, 0.2) is 5.78 Å². The second-order valence-corrected chi connectivity index (χ2v) is 2.59. The number of Topliss-reactive ketones (excluding diaryl/α,β-unsaturated/α-hetero) is 1. The van der Waals surface area contributed by atoms with Crippen LogP contribution in [0.1, 0.15) is 29.3 Å². The molecule has 0 N–H and O–H groups in total. The van der Waals surface area contributed by atoms with E-state index < -0.39 is 17.8 Å². The molecule has 4 heteroatoms. The normalized spacial score (nSPS) is 10.5. The first-order valence-electron chi connectivity index (χ1n) is 3.61. The van der Waals surface area contributed by atoms with Crippen LogP contribution in [-0.2, 0) is 0 Å². The van der Waals surface area contributed by atoms with Crippen molar-refractivity contribution in [2.75, 3.05) is 0 Å². The number of halogens is 3. The summed E-state index contributed by atoms with van der Waals surface area (Å²) in [6.45, 7) is 1.25. The smallest absolute Gasteiger partial charge is 0.266 e. The average molecular weight is 188 g/mol. The summed E-state index contributed by atoms with van der Waals surface area (Å²) in [7, 11) is 0. The highest BCUT2D eigenvalue weighted by atomic mass is 19.3. The van der Waals surface area contributed by atoms with E-state index in [9.17, 15) is 18.0 Å². The average Bonchev–Trinajstić information content (AvgIpc) is 2.03. The van der Waals surface area contributed by atoms with Gasteiger partial charge >= 0.3 is 0 Å². The van der Waals surface area contributed by atoms with Crippen LogP contribution in [0.5, 0.6) is 0 Å². The van der Waals surface area contributed by atoms with Crippen LogP contribution in [0.15, 0.2) is 18.2 Å². The summed E-state index contributed by atoms with van der Waals surface area (Å²) < 4.78 is 36.9. The lowest BCUT2D eigenvalue weighted by Gasteiger charge is -2.02. The number of hydrogen-bond donors (Lipinski definition) is 0. The molecule has 70 valence electrons. The van der Waals surface area contributed by atoms with Crippen molar-refractivity contribution in [1.82, 2.24) is 0 Å². The molecular formula is C9H7F3O. The molecule has 1 aromatic carbocycles. The SMILES string of the molecule is CC(=O)c1ccc(C(F)F)c(F)c1. The van der Waals surface area contributed by atoms with Crippen LogP contribution in [0.3, 0.4) is 0 Å². The Morgan fingerprint density at radius 3 is 2.38 bits per heavy atom. The minimum Gasteiger partial charge on any atom is -0.295 e. The van der Waals surface area contributed by atoms with E-state index in [4.69, 9.17) is 0 Å². The molecule has 0 radical (unpaired) electrons. The standard InChI is InChI=1S/C9H7F3O/c1-5(13)6-2-3-7(9(11)12)8(10)4-6/h2-4,9H,1H3. The van der Waals surface area contributed by atoms with Crippen molar-refractivity contribution in [3.63, 3.8) is 0 Å². The molecule has 0 saturated heterocycles. The Hall–Kier alpha value is -1.32. The summed E-state index contributed by atoms with van der Waals surface area (Å²) in [5.41, 5.74) is -0.577. The minimum absolute atomic E-state index is 0.0990. The Kier molecular flexibility index (Phi) is 2.70. The second-order valence-electron chi connectivity index (χ2n) is 2.59. The maximum absolute atomic E-state index is 12.8. The highest BCUT2D eigenvalue weighted by Crippen LogP contribution is 2.22. The predicted octanol–water partition coefficient (Wildman–Crippen LogP) is 2.97. The number of carbonyl (C=O) groups excluding carboxylic acids is 1. The van der Waals surface area contributed by atoms with Crippen LogP contribution >= 0.6 is 0 Å². The van der Waals surface area contributed by atoms with E-state index in [-0.39, 0.29) is 11.3 Å². The van der Waals surface area contributed by atoms with Gasteiger partial charge in [0.05, 0.1) is 5.56 Å². The third-order valence-corrected chi connectivity index (χ3v) is 1.64. The molecule has 0 spiro atoms. The maximum atomic E-state index is 12.8. The van der Waals surface area contributed by atoms with Crippen LogP contribution < -0.4 is 0 Å². The number of hydrogen-bond acceptors (Lipinski definition) is 1. The molecule has 0 amide bonds. The lowest BCUT2D eigenvalue weighted by atomic mass is 10.1. The van der Waals surface area contributed by atoms with Gasteiger partial charge in [-0.2, -0.15) is 0 Å². The van der Waals surface area contributed by atoms with E-state index in [2.05, 4.69) is 0 Å². The van der Waals surface area contributed by atoms with E-state index >= 15 is 0 Å². The zero-order valence-corrected chi connectivity index (χ0v) is 6.85. The van der Waals surface area contributed by atoms with E-state index in [1.54, 1.807) is 0 Å². The molecule has 1 nitrogen and oxygen atoms in total. The maximum Gasteiger partial charge on any atom is 0.266 e. The molecule has 1 rings (SSSR count). The van der Waals surface area contributed by atoms with E-state index in [0.717, 1.165) is 12.1 Å². The van der Waals surface area contributed by atoms with Crippen molar-refractivity contribution < 1.29 is 18.0 Å². The molecule has 13 heavy (non-hydrogen) atoms. The van der Waals surface area contributed by atoms with Crippen LogP contribution in [0.25, 0.3) is 0 Å². The van der Waals surface area contributed by atoms with E-state index in [1.165, 1.54) is 13.0 Å². The van der Waals surface area contributed by atoms with Gasteiger partial charge in [0.2, 0.25) is 0 Å². The minimum atomic E-state index is -2.85. The fourth-order valence-corrected chi connectivity index (χ4v) is 0.923. The van der Waals surface area contributed by atoms with Gasteiger partial charge < -0.3 is 0 Å². The first-order chi connectivity index (χ1) is 6.02. The number of benzene rings is 1. The zero-order chi connectivity index (χ0) is 10.0. The molecule has 0 bridgehead atoms. The molecule has 0 atom stereocenters. The lowest BCUT2D eigenvalue weighted by molar-refractivity contribution is 0.101. The third-order valence-electron chi connectivity index (χ3n) is 1.64. The Bertz CT molecular complexity index is 334. The summed E-state index contributed by atoms with van der Waals surface area (Å²) in [6, 6.07) is 2.94. The number of alkyl halides is 2. The van der Waals surface area contributed by atoms with Crippen molar-refractivity contribution in [3.8, 4) is 0 Å². The summed E-state index contributed by atoms with van der Waals surface area (Å²) >= 11 is 0. The van der Waals surface area contributed by atoms with Gasteiger partial charge in [-0.3, -0.25) is 4.79 Å². The molecule has 0 aliphatic rings. The molecule has 0 fully saturated rings. The molecule has 0 unspecified atom stereocenters. The van der Waals surface area contributed by atoms with E-state index in [0.29, 0.717) is 0 Å². The Labute approximate surface area is 73.2 Å². The summed E-state index contributed by atoms with van der Waals surface area (Å²) in [5.74, 6) is -1.39. The van der Waals surface area contributed by atoms with Crippen LogP contribution in [0.4, 0.5) is 13.2 Å². The number of rotatable bonds is 2. The fraction of sp³-hybridized carbons (Fsp3) is 0.222. The molecule has 0 aromatic heterocycles. The predicted molar refractivity (Wildman–Crippen MR) is 41.4 cm³/mol. The quantitative estimate of drug-likeness (QED) is 0.652. The highest BCUT2D eigenvalue weighted by molar-refractivity contribution is 5.94. The molecule has 0 heterocycles. The molecule has 1 aromatic rings. The van der Waals surface area contributed by atoms with Gasteiger partial charge in [-0.15, -0.1) is 0 Å². The summed E-state index contributed by atoms with van der Waals surface area (Å²) in [4.78, 5) is 10.7. The third kappa shape index (κ3) is 2.08. The van der Waals surface area contributed by atoms with Gasteiger partial charge in [-0.25, -0.2) is 13.2 Å². The second kappa shape index (κ2) is 3.60. The molecule has 0 saturated carbocycles. The Balaban J connectivity index is 3.13. The summed E-state index contributed by atoms with van der Waals surface area (Å²) in [6.07, 6.45) is -2.85. The topological polar surface area (TPSA) is 17.1 Å². The largest absolute Gasteiger partial charge is 0.295 e. The van der Waals surface area contributed by atoms with Crippen LogP contribution in [-0.4, -0.2) is 5.78 Å². The Morgan fingerprint density at radius 1 is 1.38 bits per heavy atom. The Morgan fingerprint density at radius 2 is 2.00 bits per heavy atom. The van der Waals surface area contributed by atoms with Crippen molar-refractivity contribution >= 4 is 5.78 Å². The molecule has 0 aliphatic carbocycles. The fourth-order valence-electron chi connectivity index (χ4n) is 0.923. The van der Waals surface area contributed by atoms with Gasteiger partial charge in [-0.1, -0.05) is 6.07 Å². The van der Waals surface area contributed by atoms with Gasteiger partial charge in [0, 0.05) is 5.56 Å². The zero-order valence-electron chi connectivity index (χ0n) is 6.85. The molecule has 0 aliphatic heterocycles. The number of ketones is 1. The monoisotopic (exact) mass is 188 g/mol. The van der Waals surface area contributed by atoms with Crippen LogP contribution in [0.2, 0.25) is 0 Å². The van der Waals surface area contributed by atoms with Crippen molar-refractivity contribution in [2.24, 2.45) is 0 Å². The highest BCUT2D eigenvalue weighted by Gasteiger charge is 2.13. The van der Waals surface area contributed by atoms with Crippen molar-refractivity contribution in [1.29, 1.82) is 0 Å². The van der Waals surface area contributed by atoms with Gasteiger partial charge in [-0.05, 0) is 19.1 Å².